The Labute approximate surface area is 120 Å². The number of aromatic nitrogens is 2. The van der Waals surface area contributed by atoms with Crippen molar-refractivity contribution in [2.75, 3.05) is 11.9 Å². The van der Waals surface area contributed by atoms with E-state index in [0.29, 0.717) is 6.42 Å². The van der Waals surface area contributed by atoms with E-state index in [1.807, 2.05) is 18.4 Å². The Hall–Kier alpha value is -2.01. The summed E-state index contributed by atoms with van der Waals surface area (Å²) in [5.74, 6) is 1.40. The number of nitrogens with one attached hydrogen (secondary N) is 1. The summed E-state index contributed by atoms with van der Waals surface area (Å²) in [6.45, 7) is 2.86. The molecule has 102 valence electrons. The minimum atomic E-state index is -0.225. The van der Waals surface area contributed by atoms with Gasteiger partial charge in [0.1, 0.15) is 22.3 Å². The monoisotopic (exact) mass is 287 g/mol. The molecule has 3 aromatic rings. The van der Waals surface area contributed by atoms with Gasteiger partial charge in [-0.25, -0.2) is 14.4 Å². The average molecular weight is 287 g/mol. The van der Waals surface area contributed by atoms with Gasteiger partial charge in [0.2, 0.25) is 0 Å². The molecule has 0 amide bonds. The van der Waals surface area contributed by atoms with Crippen molar-refractivity contribution in [3.05, 3.63) is 52.9 Å². The van der Waals surface area contributed by atoms with Gasteiger partial charge in [0.05, 0.1) is 5.39 Å². The number of rotatable bonds is 4. The van der Waals surface area contributed by atoms with E-state index in [-0.39, 0.29) is 5.82 Å². The lowest BCUT2D eigenvalue weighted by atomic mass is 10.1. The fourth-order valence-electron chi connectivity index (χ4n) is 2.07. The number of nitrogens with zero attached hydrogens (tertiary/aromatic N) is 2. The topological polar surface area (TPSA) is 37.8 Å². The first-order valence-corrected chi connectivity index (χ1v) is 7.36. The van der Waals surface area contributed by atoms with Crippen LogP contribution in [-0.2, 0) is 6.42 Å². The maximum Gasteiger partial charge on any atom is 0.138 e. The predicted molar refractivity (Wildman–Crippen MR) is 80.8 cm³/mol. The Kier molecular flexibility index (Phi) is 3.60. The van der Waals surface area contributed by atoms with Crippen molar-refractivity contribution < 1.29 is 4.39 Å². The average Bonchev–Trinajstić information content (AvgIpc) is 2.90. The quantitative estimate of drug-likeness (QED) is 0.792. The fraction of sp³-hybridized carbons (Fsp3) is 0.200. The lowest BCUT2D eigenvalue weighted by Crippen LogP contribution is -2.04. The Morgan fingerprint density at radius 3 is 2.70 bits per heavy atom. The van der Waals surface area contributed by atoms with Gasteiger partial charge in [0.25, 0.3) is 0 Å². The summed E-state index contributed by atoms with van der Waals surface area (Å²) in [6, 6.07) is 8.49. The molecule has 5 heteroatoms. The molecule has 2 heterocycles. The van der Waals surface area contributed by atoms with E-state index >= 15 is 0 Å². The summed E-state index contributed by atoms with van der Waals surface area (Å²) < 4.78 is 12.9. The molecule has 0 fully saturated rings. The number of halogens is 1. The molecule has 2 aromatic heterocycles. The van der Waals surface area contributed by atoms with Crippen molar-refractivity contribution in [2.24, 2.45) is 0 Å². The van der Waals surface area contributed by atoms with Gasteiger partial charge in [-0.05, 0) is 36.1 Å². The van der Waals surface area contributed by atoms with Gasteiger partial charge in [-0.3, -0.25) is 0 Å². The van der Waals surface area contributed by atoms with Gasteiger partial charge in [-0.2, -0.15) is 0 Å². The first kappa shape index (κ1) is 13.0. The summed E-state index contributed by atoms with van der Waals surface area (Å²) in [5.41, 5.74) is 1.00. The van der Waals surface area contributed by atoms with E-state index in [0.717, 1.165) is 34.0 Å². The van der Waals surface area contributed by atoms with Crippen LogP contribution in [0.25, 0.3) is 10.2 Å². The fourth-order valence-corrected chi connectivity index (χ4v) is 2.85. The van der Waals surface area contributed by atoms with Crippen LogP contribution in [0.2, 0.25) is 0 Å². The number of fused-ring (bicyclic) bond motifs is 1. The van der Waals surface area contributed by atoms with Crippen LogP contribution in [0.15, 0.2) is 35.7 Å². The summed E-state index contributed by atoms with van der Waals surface area (Å²) in [4.78, 5) is 10.1. The lowest BCUT2D eigenvalue weighted by molar-refractivity contribution is 0.627. The second-order valence-electron chi connectivity index (χ2n) is 4.46. The molecule has 3 nitrogen and oxygen atoms in total. The number of hydrogen-bond donors (Lipinski definition) is 1. The molecule has 0 aliphatic carbocycles. The molecular formula is C15H14FN3S. The van der Waals surface area contributed by atoms with Crippen LogP contribution in [0.5, 0.6) is 0 Å². The molecule has 0 aliphatic heterocycles. The zero-order valence-electron chi connectivity index (χ0n) is 11.1. The van der Waals surface area contributed by atoms with Crippen LogP contribution in [0.4, 0.5) is 10.2 Å². The maximum atomic E-state index is 12.9. The molecule has 0 radical (unpaired) electrons. The molecule has 0 saturated heterocycles. The number of thiophene rings is 1. The molecular weight excluding hydrogens is 273 g/mol. The first-order chi connectivity index (χ1) is 9.76. The molecule has 0 atom stereocenters. The van der Waals surface area contributed by atoms with Gasteiger partial charge in [0, 0.05) is 13.0 Å². The van der Waals surface area contributed by atoms with Crippen molar-refractivity contribution in [3.8, 4) is 0 Å². The zero-order valence-corrected chi connectivity index (χ0v) is 11.9. The van der Waals surface area contributed by atoms with E-state index < -0.39 is 0 Å². The van der Waals surface area contributed by atoms with Gasteiger partial charge in [-0.15, -0.1) is 11.3 Å². The molecule has 0 aliphatic rings. The number of anilines is 1. The third-order valence-electron chi connectivity index (χ3n) is 2.99. The molecule has 0 bridgehead atoms. The highest BCUT2D eigenvalue weighted by atomic mass is 32.1. The van der Waals surface area contributed by atoms with E-state index in [9.17, 15) is 4.39 Å². The van der Waals surface area contributed by atoms with E-state index in [1.54, 1.807) is 23.5 Å². The third-order valence-corrected chi connectivity index (χ3v) is 3.80. The summed E-state index contributed by atoms with van der Waals surface area (Å²) >= 11 is 1.60. The van der Waals surface area contributed by atoms with Gasteiger partial charge >= 0.3 is 0 Å². The maximum absolute atomic E-state index is 12.9. The Morgan fingerprint density at radius 1 is 1.15 bits per heavy atom. The smallest absolute Gasteiger partial charge is 0.138 e. The third kappa shape index (κ3) is 2.63. The molecule has 1 aromatic carbocycles. The second-order valence-corrected chi connectivity index (χ2v) is 5.36. The predicted octanol–water partition coefficient (Wildman–Crippen LogP) is 3.85. The van der Waals surface area contributed by atoms with E-state index in [2.05, 4.69) is 15.3 Å². The zero-order chi connectivity index (χ0) is 13.9. The molecule has 20 heavy (non-hydrogen) atoms. The van der Waals surface area contributed by atoms with Crippen LogP contribution < -0.4 is 5.32 Å². The highest BCUT2D eigenvalue weighted by molar-refractivity contribution is 7.16. The van der Waals surface area contributed by atoms with Gasteiger partial charge in [0.15, 0.2) is 0 Å². The summed E-state index contributed by atoms with van der Waals surface area (Å²) in [5, 5.41) is 6.34. The highest BCUT2D eigenvalue weighted by Gasteiger charge is 2.09. The van der Waals surface area contributed by atoms with Crippen LogP contribution in [0.3, 0.4) is 0 Å². The van der Waals surface area contributed by atoms with Crippen molar-refractivity contribution in [1.29, 1.82) is 0 Å². The minimum absolute atomic E-state index is 0.225. The largest absolute Gasteiger partial charge is 0.370 e. The lowest BCUT2D eigenvalue weighted by Gasteiger charge is -2.07. The summed E-state index contributed by atoms with van der Waals surface area (Å²) in [7, 11) is 0. The Balaban J connectivity index is 1.96. The Bertz CT molecular complexity index is 722. The van der Waals surface area contributed by atoms with Crippen molar-refractivity contribution in [3.63, 3.8) is 0 Å². The van der Waals surface area contributed by atoms with Crippen LogP contribution in [0, 0.1) is 5.82 Å². The highest BCUT2D eigenvalue weighted by Crippen LogP contribution is 2.25. The van der Waals surface area contributed by atoms with Gasteiger partial charge in [-0.1, -0.05) is 12.1 Å². The standard InChI is InChI=1S/C15H14FN3S/c1-2-17-14-12-7-8-20-15(12)19-13(18-14)9-10-3-5-11(16)6-4-10/h3-8H,2,9H2,1H3,(H,17,18,19). The van der Waals surface area contributed by atoms with Gasteiger partial charge < -0.3 is 5.32 Å². The summed E-state index contributed by atoms with van der Waals surface area (Å²) in [6.07, 6.45) is 0.604. The van der Waals surface area contributed by atoms with Crippen molar-refractivity contribution in [2.45, 2.75) is 13.3 Å². The normalized spacial score (nSPS) is 10.9. The molecule has 0 unspecified atom stereocenters. The second kappa shape index (κ2) is 5.54. The molecule has 0 spiro atoms. The van der Waals surface area contributed by atoms with Crippen LogP contribution in [0.1, 0.15) is 18.3 Å². The molecule has 3 rings (SSSR count). The Morgan fingerprint density at radius 2 is 1.95 bits per heavy atom. The van der Waals surface area contributed by atoms with E-state index in [4.69, 9.17) is 0 Å². The molecule has 0 saturated carbocycles. The SMILES string of the molecule is CCNc1nc(Cc2ccc(F)cc2)nc2sccc12. The van der Waals surface area contributed by atoms with Crippen molar-refractivity contribution in [1.82, 2.24) is 9.97 Å². The number of hydrogen-bond acceptors (Lipinski definition) is 4. The van der Waals surface area contributed by atoms with E-state index in [1.165, 1.54) is 12.1 Å². The first-order valence-electron chi connectivity index (χ1n) is 6.48. The molecule has 1 N–H and O–H groups in total. The van der Waals surface area contributed by atoms with Crippen LogP contribution in [-0.4, -0.2) is 16.5 Å². The van der Waals surface area contributed by atoms with Crippen LogP contribution >= 0.6 is 11.3 Å². The van der Waals surface area contributed by atoms with Crippen molar-refractivity contribution >= 4 is 27.4 Å². The minimum Gasteiger partial charge on any atom is -0.370 e. The number of benzene rings is 1.